The number of carboxylic acid groups (broad SMARTS) is 1. The van der Waals surface area contributed by atoms with E-state index in [1.165, 1.54) is 0 Å². The molecule has 0 heterocycles. The molecule has 1 aromatic rings. The van der Waals surface area contributed by atoms with Crippen molar-refractivity contribution in [1.82, 2.24) is 5.32 Å². The molecule has 1 amide bonds. The molecule has 0 aliphatic heterocycles. The number of carboxylic acids is 1. The SMILES string of the molecule is CC(C)(C)C(=O)OCC[C@H](NC(=O)OCc1ccccc1)C(=O)O. The summed E-state index contributed by atoms with van der Waals surface area (Å²) in [5.74, 6) is -1.66. The van der Waals surface area contributed by atoms with Gasteiger partial charge in [-0.05, 0) is 26.3 Å². The van der Waals surface area contributed by atoms with Crippen LogP contribution in [0.1, 0.15) is 32.8 Å². The molecule has 0 saturated heterocycles. The first-order valence-electron chi connectivity index (χ1n) is 7.57. The number of amides is 1. The Hall–Kier alpha value is -2.57. The van der Waals surface area contributed by atoms with E-state index in [9.17, 15) is 14.4 Å². The van der Waals surface area contributed by atoms with Gasteiger partial charge in [0.1, 0.15) is 12.6 Å². The highest BCUT2D eigenvalue weighted by molar-refractivity contribution is 5.80. The molecule has 0 aliphatic carbocycles. The van der Waals surface area contributed by atoms with E-state index in [0.29, 0.717) is 0 Å². The number of hydrogen-bond acceptors (Lipinski definition) is 5. The Bertz CT molecular complexity index is 564. The zero-order valence-electron chi connectivity index (χ0n) is 14.1. The second kappa shape index (κ2) is 8.90. The smallest absolute Gasteiger partial charge is 0.408 e. The van der Waals surface area contributed by atoms with Crippen molar-refractivity contribution in [2.75, 3.05) is 6.61 Å². The Morgan fingerprint density at radius 3 is 2.29 bits per heavy atom. The molecule has 1 aromatic carbocycles. The summed E-state index contributed by atoms with van der Waals surface area (Å²) in [6.45, 7) is 5.03. The molecule has 1 atom stereocenters. The first-order chi connectivity index (χ1) is 11.2. The third kappa shape index (κ3) is 7.13. The molecule has 7 nitrogen and oxygen atoms in total. The van der Waals surface area contributed by atoms with Gasteiger partial charge in [-0.15, -0.1) is 0 Å². The molecule has 0 unspecified atom stereocenters. The molecule has 2 N–H and O–H groups in total. The average Bonchev–Trinajstić information content (AvgIpc) is 2.51. The number of ether oxygens (including phenoxy) is 2. The van der Waals surface area contributed by atoms with E-state index in [4.69, 9.17) is 14.6 Å². The van der Waals surface area contributed by atoms with Crippen molar-refractivity contribution in [3.05, 3.63) is 35.9 Å². The van der Waals surface area contributed by atoms with Gasteiger partial charge < -0.3 is 19.9 Å². The maximum atomic E-state index is 11.7. The van der Waals surface area contributed by atoms with Gasteiger partial charge in [0.05, 0.1) is 12.0 Å². The van der Waals surface area contributed by atoms with Crippen LogP contribution in [-0.4, -0.2) is 35.8 Å². The predicted octanol–water partition coefficient (Wildman–Crippen LogP) is 2.35. The van der Waals surface area contributed by atoms with E-state index in [0.717, 1.165) is 5.56 Å². The van der Waals surface area contributed by atoms with Crippen LogP contribution in [0.25, 0.3) is 0 Å². The second-order valence-corrected chi connectivity index (χ2v) is 6.27. The fourth-order valence-corrected chi connectivity index (χ4v) is 1.65. The van der Waals surface area contributed by atoms with Crippen molar-refractivity contribution in [3.63, 3.8) is 0 Å². The molecule has 24 heavy (non-hydrogen) atoms. The lowest BCUT2D eigenvalue weighted by Gasteiger charge is -2.18. The molecule has 7 heteroatoms. The number of hydrogen-bond donors (Lipinski definition) is 2. The van der Waals surface area contributed by atoms with Gasteiger partial charge >= 0.3 is 18.0 Å². The third-order valence-electron chi connectivity index (χ3n) is 3.05. The van der Waals surface area contributed by atoms with Crippen LogP contribution in [0.3, 0.4) is 0 Å². The van der Waals surface area contributed by atoms with Crippen LogP contribution in [0.2, 0.25) is 0 Å². The minimum absolute atomic E-state index is 0.0397. The Morgan fingerprint density at radius 1 is 1.12 bits per heavy atom. The summed E-state index contributed by atoms with van der Waals surface area (Å²) in [4.78, 5) is 34.5. The normalized spacial score (nSPS) is 12.1. The molecular weight excluding hydrogens is 314 g/mol. The van der Waals surface area contributed by atoms with E-state index >= 15 is 0 Å². The molecule has 0 fully saturated rings. The van der Waals surface area contributed by atoms with Crippen LogP contribution in [0.4, 0.5) is 4.79 Å². The van der Waals surface area contributed by atoms with Crippen molar-refractivity contribution in [3.8, 4) is 0 Å². The number of rotatable bonds is 7. The zero-order valence-corrected chi connectivity index (χ0v) is 14.1. The van der Waals surface area contributed by atoms with Gasteiger partial charge in [0.2, 0.25) is 0 Å². The molecule has 0 aromatic heterocycles. The van der Waals surface area contributed by atoms with Gasteiger partial charge in [0, 0.05) is 6.42 Å². The zero-order chi connectivity index (χ0) is 18.2. The fraction of sp³-hybridized carbons (Fsp3) is 0.471. The minimum Gasteiger partial charge on any atom is -0.480 e. The summed E-state index contributed by atoms with van der Waals surface area (Å²) in [6.07, 6.45) is -0.884. The van der Waals surface area contributed by atoms with Gasteiger partial charge in [-0.3, -0.25) is 4.79 Å². The molecule has 0 aliphatic rings. The summed E-state index contributed by atoms with van der Waals surface area (Å²) in [5.41, 5.74) is 0.124. The largest absolute Gasteiger partial charge is 0.480 e. The predicted molar refractivity (Wildman–Crippen MR) is 86.2 cm³/mol. The number of benzene rings is 1. The molecule has 0 bridgehead atoms. The quantitative estimate of drug-likeness (QED) is 0.741. The average molecular weight is 337 g/mol. The molecule has 1 rings (SSSR count). The standard InChI is InChI=1S/C17H23NO6/c1-17(2,3)15(21)23-10-9-13(14(19)20)18-16(22)24-11-12-7-5-4-6-8-12/h4-8,13H,9-11H2,1-3H3,(H,18,22)(H,19,20)/t13-/m0/s1. The fourth-order valence-electron chi connectivity index (χ4n) is 1.65. The van der Waals surface area contributed by atoms with Crippen LogP contribution in [0.5, 0.6) is 0 Å². The highest BCUT2D eigenvalue weighted by atomic mass is 16.5. The van der Waals surface area contributed by atoms with Gasteiger partial charge in [0.25, 0.3) is 0 Å². The lowest BCUT2D eigenvalue weighted by atomic mass is 9.97. The van der Waals surface area contributed by atoms with Crippen LogP contribution in [0, 0.1) is 5.41 Å². The molecule has 0 radical (unpaired) electrons. The van der Waals surface area contributed by atoms with Gasteiger partial charge in [-0.1, -0.05) is 30.3 Å². The summed E-state index contributed by atoms with van der Waals surface area (Å²) < 4.78 is 9.97. The maximum Gasteiger partial charge on any atom is 0.408 e. The summed E-state index contributed by atoms with van der Waals surface area (Å²) in [7, 11) is 0. The molecule has 0 saturated carbocycles. The van der Waals surface area contributed by atoms with E-state index < -0.39 is 29.5 Å². The molecule has 0 spiro atoms. The number of carbonyl (C=O) groups is 3. The first-order valence-corrected chi connectivity index (χ1v) is 7.57. The van der Waals surface area contributed by atoms with Crippen LogP contribution in [-0.2, 0) is 25.7 Å². The number of carbonyl (C=O) groups excluding carboxylic acids is 2. The van der Waals surface area contributed by atoms with Gasteiger partial charge in [0.15, 0.2) is 0 Å². The van der Waals surface area contributed by atoms with Gasteiger partial charge in [-0.2, -0.15) is 0 Å². The third-order valence-corrected chi connectivity index (χ3v) is 3.05. The van der Waals surface area contributed by atoms with Crippen molar-refractivity contribution in [2.24, 2.45) is 5.41 Å². The number of alkyl carbamates (subject to hydrolysis) is 1. The van der Waals surface area contributed by atoms with Crippen molar-refractivity contribution >= 4 is 18.0 Å². The van der Waals surface area contributed by atoms with E-state index in [1.54, 1.807) is 45.0 Å². The van der Waals surface area contributed by atoms with E-state index in [1.807, 2.05) is 6.07 Å². The lowest BCUT2D eigenvalue weighted by Crippen LogP contribution is -2.42. The van der Waals surface area contributed by atoms with Crippen molar-refractivity contribution in [2.45, 2.75) is 39.8 Å². The number of esters is 1. The summed E-state index contributed by atoms with van der Waals surface area (Å²) >= 11 is 0. The van der Waals surface area contributed by atoms with Crippen LogP contribution < -0.4 is 5.32 Å². The Balaban J connectivity index is 2.41. The second-order valence-electron chi connectivity index (χ2n) is 6.27. The van der Waals surface area contributed by atoms with Crippen molar-refractivity contribution in [1.29, 1.82) is 0 Å². The highest BCUT2D eigenvalue weighted by Gasteiger charge is 2.25. The number of nitrogens with one attached hydrogen (secondary N) is 1. The topological polar surface area (TPSA) is 102 Å². The Labute approximate surface area is 141 Å². The van der Waals surface area contributed by atoms with Crippen LogP contribution in [0.15, 0.2) is 30.3 Å². The van der Waals surface area contributed by atoms with Crippen molar-refractivity contribution < 1.29 is 29.0 Å². The summed E-state index contributed by atoms with van der Waals surface area (Å²) in [6, 6.07) is 7.83. The lowest BCUT2D eigenvalue weighted by molar-refractivity contribution is -0.154. The van der Waals surface area contributed by atoms with Gasteiger partial charge in [-0.25, -0.2) is 9.59 Å². The maximum absolute atomic E-state index is 11.7. The Morgan fingerprint density at radius 2 is 1.75 bits per heavy atom. The van der Waals surface area contributed by atoms with E-state index in [-0.39, 0.29) is 19.6 Å². The first kappa shape index (κ1) is 19.5. The van der Waals surface area contributed by atoms with E-state index in [2.05, 4.69) is 5.32 Å². The highest BCUT2D eigenvalue weighted by Crippen LogP contribution is 2.15. The Kier molecular flexibility index (Phi) is 7.23. The molecule has 132 valence electrons. The minimum atomic E-state index is -1.22. The van der Waals surface area contributed by atoms with Crippen LogP contribution >= 0.6 is 0 Å². The monoisotopic (exact) mass is 337 g/mol. The summed E-state index contributed by atoms with van der Waals surface area (Å²) in [5, 5.41) is 11.4. The number of aliphatic carboxylic acids is 1. The molecular formula is C17H23NO6.